The first-order chi connectivity index (χ1) is 13.2. The van der Waals surface area contributed by atoms with Gasteiger partial charge in [-0.05, 0) is 55.7 Å². The summed E-state index contributed by atoms with van der Waals surface area (Å²) in [7, 11) is 3.32. The van der Waals surface area contributed by atoms with Crippen molar-refractivity contribution in [1.29, 1.82) is 0 Å². The van der Waals surface area contributed by atoms with Gasteiger partial charge in [-0.1, -0.05) is 18.2 Å². The number of hydrogen-bond donors (Lipinski definition) is 1. The van der Waals surface area contributed by atoms with Crippen LogP contribution in [0.1, 0.15) is 37.0 Å². The molecule has 2 aromatic carbocycles. The van der Waals surface area contributed by atoms with Crippen molar-refractivity contribution in [2.75, 3.05) is 14.2 Å². The zero-order valence-electron chi connectivity index (χ0n) is 16.7. The highest BCUT2D eigenvalue weighted by Crippen LogP contribution is 2.49. The molecule has 0 bridgehead atoms. The largest absolute Gasteiger partial charge is 0.497 e. The van der Waals surface area contributed by atoms with E-state index in [1.165, 1.54) is 4.90 Å². The summed E-state index contributed by atoms with van der Waals surface area (Å²) < 4.78 is 11.5. The molecule has 6 heteroatoms. The normalized spacial score (nSPS) is 22.6. The number of nitrogens with zero attached hydrogens (tertiary/aromatic N) is 2. The quantitative estimate of drug-likeness (QED) is 0.890. The second-order valence-corrected chi connectivity index (χ2v) is 8.09. The van der Waals surface area contributed by atoms with Crippen molar-refractivity contribution in [2.24, 2.45) is 10.7 Å². The van der Waals surface area contributed by atoms with Crippen LogP contribution in [-0.2, 0) is 16.8 Å². The van der Waals surface area contributed by atoms with Crippen molar-refractivity contribution >= 4 is 11.9 Å². The number of fused-ring (bicyclic) bond motifs is 2. The highest BCUT2D eigenvalue weighted by atomic mass is 16.5. The van der Waals surface area contributed by atoms with E-state index in [1.807, 2.05) is 50.2 Å². The van der Waals surface area contributed by atoms with Crippen LogP contribution in [-0.4, -0.2) is 36.5 Å². The van der Waals surface area contributed by atoms with Gasteiger partial charge in [0.15, 0.2) is 11.5 Å². The Kier molecular flexibility index (Phi) is 4.10. The maximum absolute atomic E-state index is 13.2. The molecule has 28 heavy (non-hydrogen) atoms. The average molecular weight is 379 g/mol. The molecule has 2 aliphatic rings. The molecule has 1 spiro atoms. The van der Waals surface area contributed by atoms with Gasteiger partial charge in [0.25, 0.3) is 5.91 Å². The molecule has 1 amide bonds. The van der Waals surface area contributed by atoms with Crippen molar-refractivity contribution < 1.29 is 14.3 Å². The molecule has 1 atom stereocenters. The maximum atomic E-state index is 13.2. The van der Waals surface area contributed by atoms with Crippen LogP contribution in [0, 0.1) is 0 Å². The number of hydrogen-bond acceptors (Lipinski definition) is 5. The molecule has 2 aromatic rings. The number of amides is 1. The number of benzene rings is 2. The molecule has 2 heterocycles. The van der Waals surface area contributed by atoms with Gasteiger partial charge in [-0.25, -0.2) is 4.99 Å². The average Bonchev–Trinajstić information content (AvgIpc) is 2.86. The van der Waals surface area contributed by atoms with E-state index in [-0.39, 0.29) is 11.9 Å². The van der Waals surface area contributed by atoms with Crippen LogP contribution in [0.5, 0.6) is 11.5 Å². The predicted molar refractivity (Wildman–Crippen MR) is 108 cm³/mol. The molecule has 1 unspecified atom stereocenters. The molecular weight excluding hydrogens is 354 g/mol. The fraction of sp³-hybridized carbons (Fsp3) is 0.364. The highest BCUT2D eigenvalue weighted by molar-refractivity contribution is 6.07. The second kappa shape index (κ2) is 6.26. The number of likely N-dealkylation sites (N-methyl/N-ethyl adjacent to an activating group) is 1. The Hall–Kier alpha value is -3.02. The van der Waals surface area contributed by atoms with Crippen molar-refractivity contribution in [3.63, 3.8) is 0 Å². The second-order valence-electron chi connectivity index (χ2n) is 8.09. The molecule has 146 valence electrons. The number of guanidine groups is 1. The fourth-order valence-electron chi connectivity index (χ4n) is 4.15. The van der Waals surface area contributed by atoms with Gasteiger partial charge < -0.3 is 15.2 Å². The van der Waals surface area contributed by atoms with Crippen LogP contribution in [0.15, 0.2) is 47.5 Å². The van der Waals surface area contributed by atoms with E-state index in [0.29, 0.717) is 18.6 Å². The van der Waals surface area contributed by atoms with E-state index >= 15 is 0 Å². The smallest absolute Gasteiger partial charge is 0.261 e. The van der Waals surface area contributed by atoms with E-state index in [4.69, 9.17) is 15.2 Å². The third kappa shape index (κ3) is 2.89. The lowest BCUT2D eigenvalue weighted by molar-refractivity contribution is -0.133. The van der Waals surface area contributed by atoms with Crippen LogP contribution in [0.2, 0.25) is 0 Å². The summed E-state index contributed by atoms with van der Waals surface area (Å²) in [5.41, 5.74) is 7.45. The van der Waals surface area contributed by atoms with Gasteiger partial charge in [0.2, 0.25) is 0 Å². The number of ether oxygens (including phenoxy) is 2. The third-order valence-corrected chi connectivity index (χ3v) is 5.41. The summed E-state index contributed by atoms with van der Waals surface area (Å²) in [6, 6.07) is 14.0. The molecule has 0 fully saturated rings. The first-order valence-electron chi connectivity index (χ1n) is 9.33. The number of carbonyl (C=O) groups excluding carboxylic acids is 1. The monoisotopic (exact) mass is 379 g/mol. The topological polar surface area (TPSA) is 77.2 Å². The molecule has 0 radical (unpaired) electrons. The van der Waals surface area contributed by atoms with Crippen LogP contribution in [0.3, 0.4) is 0 Å². The SMILES string of the molecule is COc1cccc(Cc2ccc3c(c2)C2(CC(C)(C)O3)N=C(N)N(C)C2=O)c1. The van der Waals surface area contributed by atoms with Crippen LogP contribution < -0.4 is 15.2 Å². The summed E-state index contributed by atoms with van der Waals surface area (Å²) in [4.78, 5) is 19.2. The molecule has 6 nitrogen and oxygen atoms in total. The van der Waals surface area contributed by atoms with Gasteiger partial charge in [-0.15, -0.1) is 0 Å². The Morgan fingerprint density at radius 1 is 1.21 bits per heavy atom. The lowest BCUT2D eigenvalue weighted by Crippen LogP contribution is -2.49. The van der Waals surface area contributed by atoms with Crippen molar-refractivity contribution in [3.8, 4) is 11.5 Å². The standard InChI is InChI=1S/C22H25N3O3/c1-21(2)13-22(19(26)25(3)20(23)24-22)17-12-15(8-9-18(17)28-21)10-14-6-5-7-16(11-14)27-4/h5-9,11-12H,10,13H2,1-4H3,(H2,23,24). The van der Waals surface area contributed by atoms with Gasteiger partial charge in [-0.3, -0.25) is 9.69 Å². The number of nitrogens with two attached hydrogens (primary N) is 1. The van der Waals surface area contributed by atoms with Gasteiger partial charge in [0, 0.05) is 19.0 Å². The molecule has 0 saturated heterocycles. The summed E-state index contributed by atoms with van der Waals surface area (Å²) in [5.74, 6) is 1.64. The number of rotatable bonds is 3. The Labute approximate surface area is 165 Å². The van der Waals surface area contributed by atoms with E-state index in [0.717, 1.165) is 22.4 Å². The minimum Gasteiger partial charge on any atom is -0.497 e. The highest BCUT2D eigenvalue weighted by Gasteiger charge is 2.55. The fourth-order valence-corrected chi connectivity index (χ4v) is 4.15. The van der Waals surface area contributed by atoms with Crippen molar-refractivity contribution in [2.45, 2.75) is 37.8 Å². The molecule has 4 rings (SSSR count). The summed E-state index contributed by atoms with van der Waals surface area (Å²) in [6.07, 6.45) is 1.16. The zero-order chi connectivity index (χ0) is 20.1. The Morgan fingerprint density at radius 2 is 1.96 bits per heavy atom. The minimum atomic E-state index is -1.03. The number of carbonyl (C=O) groups is 1. The number of aliphatic imine (C=N–C) groups is 1. The lowest BCUT2D eigenvalue weighted by Gasteiger charge is -2.41. The Bertz CT molecular complexity index is 983. The van der Waals surface area contributed by atoms with E-state index in [1.54, 1.807) is 14.2 Å². The lowest BCUT2D eigenvalue weighted by atomic mass is 9.77. The van der Waals surface area contributed by atoms with Crippen molar-refractivity contribution in [1.82, 2.24) is 4.90 Å². The summed E-state index contributed by atoms with van der Waals surface area (Å²) in [6.45, 7) is 3.94. The van der Waals surface area contributed by atoms with Gasteiger partial charge >= 0.3 is 0 Å². The summed E-state index contributed by atoms with van der Waals surface area (Å²) in [5, 5.41) is 0. The maximum Gasteiger partial charge on any atom is 0.261 e. The van der Waals surface area contributed by atoms with Gasteiger partial charge in [-0.2, -0.15) is 0 Å². The van der Waals surface area contributed by atoms with Crippen molar-refractivity contribution in [3.05, 3.63) is 59.2 Å². The first kappa shape index (κ1) is 18.3. The third-order valence-electron chi connectivity index (χ3n) is 5.41. The molecule has 2 aliphatic heterocycles. The number of methoxy groups -OCH3 is 1. The Balaban J connectivity index is 1.78. The molecule has 0 aliphatic carbocycles. The van der Waals surface area contributed by atoms with E-state index in [9.17, 15) is 4.79 Å². The molecule has 0 aromatic heterocycles. The molecule has 2 N–H and O–H groups in total. The van der Waals surface area contributed by atoms with Gasteiger partial charge in [0.05, 0.1) is 7.11 Å². The zero-order valence-corrected chi connectivity index (χ0v) is 16.7. The summed E-state index contributed by atoms with van der Waals surface area (Å²) >= 11 is 0. The minimum absolute atomic E-state index is 0.110. The van der Waals surface area contributed by atoms with Crippen LogP contribution in [0.4, 0.5) is 0 Å². The van der Waals surface area contributed by atoms with Crippen LogP contribution in [0.25, 0.3) is 0 Å². The van der Waals surface area contributed by atoms with Gasteiger partial charge in [0.1, 0.15) is 17.1 Å². The molecule has 0 saturated carbocycles. The first-order valence-corrected chi connectivity index (χ1v) is 9.33. The van der Waals surface area contributed by atoms with E-state index in [2.05, 4.69) is 11.1 Å². The predicted octanol–water partition coefficient (Wildman–Crippen LogP) is 2.83. The Morgan fingerprint density at radius 3 is 2.64 bits per heavy atom. The van der Waals surface area contributed by atoms with Crippen LogP contribution >= 0.6 is 0 Å². The molecular formula is C22H25N3O3. The van der Waals surface area contributed by atoms with E-state index < -0.39 is 11.1 Å².